The van der Waals surface area contributed by atoms with Crippen LogP contribution < -0.4 is 0 Å². The molecular formula is C13H17N5Si2. The van der Waals surface area contributed by atoms with E-state index in [9.17, 15) is 0 Å². The summed E-state index contributed by atoms with van der Waals surface area (Å²) in [6.07, 6.45) is 4.49. The Bertz CT molecular complexity index is 473. The van der Waals surface area contributed by atoms with E-state index in [2.05, 4.69) is 24.9 Å². The number of hydrogen-bond donors (Lipinski definition) is 0. The van der Waals surface area contributed by atoms with Crippen molar-refractivity contribution >= 4 is 16.6 Å². The van der Waals surface area contributed by atoms with Crippen molar-refractivity contribution < 1.29 is 0 Å². The number of rotatable bonds is 8. The largest absolute Gasteiger partial charge is 1.27 e. The number of unbranched alkanes of at least 4 members (excludes halogenated alkanes) is 4. The van der Waals surface area contributed by atoms with Gasteiger partial charge in [-0.15, -0.1) is 0 Å². The topological polar surface area (TPSA) is 60.7 Å². The molecule has 20 heavy (non-hydrogen) atoms. The highest BCUT2D eigenvalue weighted by Gasteiger charge is 2.76. The van der Waals surface area contributed by atoms with Gasteiger partial charge in [-0.25, -0.2) is 10.5 Å². The van der Waals surface area contributed by atoms with Gasteiger partial charge in [-0.2, -0.15) is 0 Å². The molecule has 0 aliphatic rings. The first-order valence-electron chi connectivity index (χ1n) is 6.50. The fourth-order valence-electron chi connectivity index (χ4n) is 1.75. The van der Waals surface area contributed by atoms with Crippen LogP contribution in [-0.2, 0) is 0 Å². The highest BCUT2D eigenvalue weighted by molar-refractivity contribution is 6.92. The van der Waals surface area contributed by atoms with Gasteiger partial charge >= 0.3 is 8.56 Å². The molecule has 0 spiro atoms. The molecule has 0 saturated heterocycles. The van der Waals surface area contributed by atoms with E-state index in [0.29, 0.717) is 12.1 Å². The first-order valence-corrected chi connectivity index (χ1v) is 11.3. The fraction of sp³-hybridized carbons (Fsp3) is 0.615. The second kappa shape index (κ2) is 8.89. The molecule has 5 nitrogen and oxygen atoms in total. The maximum absolute atomic E-state index is 8.91. The van der Waals surface area contributed by atoms with Crippen molar-refractivity contribution in [2.45, 2.75) is 50.7 Å². The lowest BCUT2D eigenvalue weighted by atomic mass is 10.2. The normalized spacial score (nSPS) is 10.4. The summed E-state index contributed by atoms with van der Waals surface area (Å²) in [6.45, 7) is 22.7. The molecule has 0 saturated carbocycles. The molecule has 0 heterocycles. The molecule has 0 bridgehead atoms. The Balaban J connectivity index is 3.85. The maximum atomic E-state index is 8.91. The molecule has 0 radical (unpaired) electrons. The van der Waals surface area contributed by atoms with Crippen LogP contribution in [0.1, 0.15) is 32.1 Å². The van der Waals surface area contributed by atoms with E-state index >= 15 is 0 Å². The molecule has 0 atom stereocenters. The Morgan fingerprint density at radius 2 is 1.20 bits per heavy atom. The van der Waals surface area contributed by atoms with Crippen molar-refractivity contribution in [2.24, 2.45) is 0 Å². The zero-order valence-electron chi connectivity index (χ0n) is 11.7. The van der Waals surface area contributed by atoms with Crippen molar-refractivity contribution in [3.05, 3.63) is 33.2 Å². The summed E-state index contributed by atoms with van der Waals surface area (Å²) < 4.78 is 9.78. The van der Waals surface area contributed by atoms with Crippen LogP contribution in [0.15, 0.2) is 0 Å². The highest BCUT2D eigenvalue weighted by atomic mass is 28.4. The standard InChI is InChI=1S/C13H17N5Si2/c1-16-20(17-2,18-3)11-9-7-5-6-8-10-19(4,12-14)13-15/h5-11H2,4H3. The van der Waals surface area contributed by atoms with Crippen molar-refractivity contribution in [1.82, 2.24) is 0 Å². The minimum atomic E-state index is -3.03. The van der Waals surface area contributed by atoms with Gasteiger partial charge in [0.05, 0.1) is 0 Å². The molecule has 0 fully saturated rings. The molecule has 0 unspecified atom stereocenters. The zero-order chi connectivity index (χ0) is 15.5. The van der Waals surface area contributed by atoms with Crippen LogP contribution in [0.4, 0.5) is 0 Å². The van der Waals surface area contributed by atoms with Gasteiger partial charge in [-0.1, -0.05) is 25.7 Å². The molecule has 0 N–H and O–H groups in total. The van der Waals surface area contributed by atoms with Crippen LogP contribution in [0.25, 0.3) is 13.5 Å². The third-order valence-corrected chi connectivity index (χ3v) is 7.66. The van der Waals surface area contributed by atoms with Gasteiger partial charge in [0.25, 0.3) is 8.07 Å². The van der Waals surface area contributed by atoms with Gasteiger partial charge in [0.1, 0.15) is 0 Å². The van der Waals surface area contributed by atoms with Crippen LogP contribution in [0.2, 0.25) is 18.6 Å². The first-order chi connectivity index (χ1) is 9.51. The van der Waals surface area contributed by atoms with Crippen LogP contribution in [-0.4, -0.2) is 16.6 Å². The summed E-state index contributed by atoms with van der Waals surface area (Å²) >= 11 is 0. The zero-order valence-corrected chi connectivity index (χ0v) is 13.7. The molecule has 0 aliphatic carbocycles. The van der Waals surface area contributed by atoms with Crippen LogP contribution >= 0.6 is 0 Å². The number of hydrogen-bond acceptors (Lipinski definition) is 2. The third-order valence-electron chi connectivity index (χ3n) is 3.22. The van der Waals surface area contributed by atoms with Gasteiger partial charge in [-0.3, -0.25) is 33.2 Å². The quantitative estimate of drug-likeness (QED) is 0.388. The number of nitriles is 2. The molecule has 7 heteroatoms. The minimum absolute atomic E-state index is 0.437. The molecule has 0 amide bonds. The van der Waals surface area contributed by atoms with E-state index in [1.807, 2.05) is 0 Å². The van der Waals surface area contributed by atoms with Crippen molar-refractivity contribution in [3.63, 3.8) is 0 Å². The summed E-state index contributed by atoms with van der Waals surface area (Å²) in [5, 5.41) is 17.8. The first kappa shape index (κ1) is 17.9. The van der Waals surface area contributed by atoms with Gasteiger partial charge in [0, 0.05) is 11.4 Å². The number of nitrogens with zero attached hydrogens (tertiary/aromatic N) is 5. The fourth-order valence-corrected chi connectivity index (χ4v) is 4.19. The predicted molar refractivity (Wildman–Crippen MR) is 81.1 cm³/mol. The van der Waals surface area contributed by atoms with E-state index in [0.717, 1.165) is 32.1 Å². The molecule has 0 aromatic carbocycles. The SMILES string of the molecule is [C-]#[N+][Si](CCCCCCC[Si](C)(C#N)C#N)([N+]#[C-])[N+]#[C-]. The maximum Gasteiger partial charge on any atom is 1.27 e. The second-order valence-electron chi connectivity index (χ2n) is 4.93. The molecule has 0 aliphatic heterocycles. The van der Waals surface area contributed by atoms with Crippen LogP contribution in [0.5, 0.6) is 0 Å². The summed E-state index contributed by atoms with van der Waals surface area (Å²) in [6, 6.07) is 1.15. The van der Waals surface area contributed by atoms with Crippen molar-refractivity contribution in [1.29, 1.82) is 10.5 Å². The average Bonchev–Trinajstić information content (AvgIpc) is 2.50. The smallest absolute Gasteiger partial charge is 0.267 e. The van der Waals surface area contributed by atoms with E-state index in [-0.39, 0.29) is 0 Å². The lowest BCUT2D eigenvalue weighted by molar-refractivity contribution is 0.651. The van der Waals surface area contributed by atoms with Crippen LogP contribution in [0.3, 0.4) is 0 Å². The van der Waals surface area contributed by atoms with E-state index in [1.54, 1.807) is 6.55 Å². The summed E-state index contributed by atoms with van der Waals surface area (Å²) in [4.78, 5) is 0. The molecule has 0 aromatic rings. The van der Waals surface area contributed by atoms with Crippen LogP contribution in [0, 0.1) is 41.6 Å². The third kappa shape index (κ3) is 5.68. The predicted octanol–water partition coefficient (Wildman–Crippen LogP) is 3.84. The monoisotopic (exact) mass is 299 g/mol. The van der Waals surface area contributed by atoms with E-state index in [4.69, 9.17) is 30.2 Å². The lowest BCUT2D eigenvalue weighted by Crippen LogP contribution is -2.25. The van der Waals surface area contributed by atoms with E-state index in [1.165, 1.54) is 0 Å². The average molecular weight is 299 g/mol. The van der Waals surface area contributed by atoms with Crippen molar-refractivity contribution in [2.75, 3.05) is 0 Å². The molecule has 0 rings (SSSR count). The Morgan fingerprint density at radius 3 is 1.60 bits per heavy atom. The molecule has 102 valence electrons. The lowest BCUT2D eigenvalue weighted by Gasteiger charge is -2.07. The summed E-state index contributed by atoms with van der Waals surface area (Å²) in [5.41, 5.74) is 4.31. The summed E-state index contributed by atoms with van der Waals surface area (Å²) in [5.74, 6) is 0. The van der Waals surface area contributed by atoms with Gasteiger partial charge in [-0.05, 0) is 19.0 Å². The Labute approximate surface area is 123 Å². The highest BCUT2D eigenvalue weighted by Crippen LogP contribution is 2.21. The molecular weight excluding hydrogens is 282 g/mol. The Hall–Kier alpha value is -2.12. The van der Waals surface area contributed by atoms with Gasteiger partial charge in [0.15, 0.2) is 6.04 Å². The Kier molecular flexibility index (Phi) is 7.95. The van der Waals surface area contributed by atoms with Gasteiger partial charge in [0.2, 0.25) is 0 Å². The summed E-state index contributed by atoms with van der Waals surface area (Å²) in [7, 11) is -5.35. The van der Waals surface area contributed by atoms with Gasteiger partial charge < -0.3 is 0 Å². The Morgan fingerprint density at radius 1 is 0.800 bits per heavy atom. The minimum Gasteiger partial charge on any atom is -0.267 e. The van der Waals surface area contributed by atoms with Crippen molar-refractivity contribution in [3.8, 4) is 11.4 Å². The second-order valence-corrected chi connectivity index (χ2v) is 11.3. The van der Waals surface area contributed by atoms with E-state index < -0.39 is 16.6 Å². The molecule has 0 aromatic heterocycles.